The van der Waals surface area contributed by atoms with E-state index < -0.39 is 5.60 Å². The third-order valence-electron chi connectivity index (χ3n) is 6.06. The molecule has 1 aliphatic heterocycles. The highest BCUT2D eigenvalue weighted by molar-refractivity contribution is 5.94. The quantitative estimate of drug-likeness (QED) is 0.790. The summed E-state index contributed by atoms with van der Waals surface area (Å²) in [5.74, 6) is -0.141. The second kappa shape index (κ2) is 5.05. The van der Waals surface area contributed by atoms with Crippen molar-refractivity contribution in [1.29, 1.82) is 0 Å². The zero-order chi connectivity index (χ0) is 16.2. The smallest absolute Gasteiger partial charge is 0.272 e. The van der Waals surface area contributed by atoms with Gasteiger partial charge < -0.3 is 15.2 Å². The van der Waals surface area contributed by atoms with Crippen molar-refractivity contribution in [2.75, 3.05) is 6.54 Å². The Hall–Kier alpha value is -1.40. The van der Waals surface area contributed by atoms with Gasteiger partial charge in [0.25, 0.3) is 5.91 Å². The lowest BCUT2D eigenvalue weighted by atomic mass is 9.69. The van der Waals surface area contributed by atoms with E-state index in [0.717, 1.165) is 43.4 Å². The number of hydrogen-bond donors (Lipinski definition) is 3. The number of H-pyrrole nitrogens is 1. The predicted molar refractivity (Wildman–Crippen MR) is 84.1 cm³/mol. The number of hydrogen-bond acceptors (Lipinski definition) is 4. The average Bonchev–Trinajstić information content (AvgIpc) is 3.15. The highest BCUT2D eigenvalue weighted by atomic mass is 16.5. The fraction of sp³-hybridized carbons (Fsp3) is 0.765. The van der Waals surface area contributed by atoms with Gasteiger partial charge in [0.05, 0.1) is 23.5 Å². The molecule has 1 aromatic heterocycles. The van der Waals surface area contributed by atoms with Gasteiger partial charge in [-0.3, -0.25) is 9.89 Å². The molecule has 0 unspecified atom stereocenters. The number of nitrogens with one attached hydrogen (secondary N) is 2. The van der Waals surface area contributed by atoms with Gasteiger partial charge in [-0.25, -0.2) is 0 Å². The normalized spacial score (nSPS) is 30.2. The molecule has 0 bridgehead atoms. The van der Waals surface area contributed by atoms with E-state index in [2.05, 4.69) is 15.5 Å². The lowest BCUT2D eigenvalue weighted by Gasteiger charge is -2.44. The minimum atomic E-state index is -0.553. The van der Waals surface area contributed by atoms with Crippen LogP contribution in [-0.4, -0.2) is 39.5 Å². The molecule has 1 aromatic rings. The van der Waals surface area contributed by atoms with Crippen LogP contribution in [0.4, 0.5) is 0 Å². The predicted octanol–water partition coefficient (Wildman–Crippen LogP) is 1.86. The number of amides is 1. The van der Waals surface area contributed by atoms with Crippen molar-refractivity contribution < 1.29 is 14.6 Å². The molecule has 0 spiro atoms. The highest BCUT2D eigenvalue weighted by Crippen LogP contribution is 2.60. The lowest BCUT2D eigenvalue weighted by molar-refractivity contribution is -0.0948. The number of carbonyl (C=O) groups excluding carboxylic acids is 1. The first-order valence-corrected chi connectivity index (χ1v) is 8.67. The van der Waals surface area contributed by atoms with Crippen molar-refractivity contribution in [2.24, 2.45) is 5.41 Å². The Morgan fingerprint density at radius 1 is 1.39 bits per heavy atom. The molecule has 1 amide bonds. The van der Waals surface area contributed by atoms with Crippen LogP contribution in [-0.2, 0) is 11.2 Å². The van der Waals surface area contributed by atoms with Crippen LogP contribution in [0, 0.1) is 5.41 Å². The van der Waals surface area contributed by atoms with Gasteiger partial charge in [0, 0.05) is 23.9 Å². The Balaban J connectivity index is 1.46. The molecule has 0 aromatic carbocycles. The SMILES string of the molecule is C[C@@H]1Cc2c(C(=O)NCC3(C4(O)CCC4)CC3)n[nH]c2[C@H](C)O1. The first-order chi connectivity index (χ1) is 10.9. The molecule has 3 N–H and O–H groups in total. The molecule has 23 heavy (non-hydrogen) atoms. The summed E-state index contributed by atoms with van der Waals surface area (Å²) in [5.41, 5.74) is 1.72. The summed E-state index contributed by atoms with van der Waals surface area (Å²) in [6.07, 6.45) is 5.57. The molecule has 2 atom stereocenters. The first-order valence-electron chi connectivity index (χ1n) is 8.67. The number of rotatable bonds is 4. The second-order valence-corrected chi connectivity index (χ2v) is 7.61. The van der Waals surface area contributed by atoms with E-state index in [0.29, 0.717) is 18.7 Å². The summed E-state index contributed by atoms with van der Waals surface area (Å²) in [6, 6.07) is 0. The molecule has 2 saturated carbocycles. The van der Waals surface area contributed by atoms with Gasteiger partial charge in [-0.1, -0.05) is 0 Å². The molecule has 6 heteroatoms. The Morgan fingerprint density at radius 3 is 2.74 bits per heavy atom. The fourth-order valence-electron chi connectivity index (χ4n) is 4.19. The number of carbonyl (C=O) groups is 1. The zero-order valence-corrected chi connectivity index (χ0v) is 13.8. The summed E-state index contributed by atoms with van der Waals surface area (Å²) in [7, 11) is 0. The average molecular weight is 319 g/mol. The Bertz CT molecular complexity index is 631. The van der Waals surface area contributed by atoms with Crippen molar-refractivity contribution in [1.82, 2.24) is 15.5 Å². The van der Waals surface area contributed by atoms with Gasteiger partial charge in [0.1, 0.15) is 0 Å². The van der Waals surface area contributed by atoms with Crippen LogP contribution in [0.1, 0.15) is 73.8 Å². The minimum absolute atomic E-state index is 0.0618. The van der Waals surface area contributed by atoms with Gasteiger partial charge in [-0.15, -0.1) is 0 Å². The maximum absolute atomic E-state index is 12.6. The van der Waals surface area contributed by atoms with Gasteiger partial charge in [0.2, 0.25) is 0 Å². The summed E-state index contributed by atoms with van der Waals surface area (Å²) in [6.45, 7) is 4.53. The largest absolute Gasteiger partial charge is 0.389 e. The van der Waals surface area contributed by atoms with Crippen LogP contribution in [0.5, 0.6) is 0 Å². The molecular weight excluding hydrogens is 294 g/mol. The second-order valence-electron chi connectivity index (χ2n) is 7.61. The van der Waals surface area contributed by atoms with Crippen LogP contribution in [0.3, 0.4) is 0 Å². The standard InChI is InChI=1S/C17H25N3O3/c1-10-8-12-13(11(2)23-10)19-20-14(12)15(21)18-9-16(6-7-16)17(22)4-3-5-17/h10-11,22H,3-9H2,1-2H3,(H,18,21)(H,19,20)/t10-,11+/m1/s1. The molecule has 2 aliphatic carbocycles. The van der Waals surface area contributed by atoms with E-state index in [1.54, 1.807) is 0 Å². The fourth-order valence-corrected chi connectivity index (χ4v) is 4.19. The Labute approximate surface area is 136 Å². The Kier molecular flexibility index (Phi) is 3.32. The van der Waals surface area contributed by atoms with Gasteiger partial charge in [-0.05, 0) is 46.0 Å². The summed E-state index contributed by atoms with van der Waals surface area (Å²) >= 11 is 0. The number of aliphatic hydroxyl groups is 1. The van der Waals surface area contributed by atoms with Gasteiger partial charge in [0.15, 0.2) is 5.69 Å². The van der Waals surface area contributed by atoms with Crippen LogP contribution in [0.15, 0.2) is 0 Å². The highest BCUT2D eigenvalue weighted by Gasteiger charge is 2.60. The molecule has 0 radical (unpaired) electrons. The Morgan fingerprint density at radius 2 is 2.13 bits per heavy atom. The maximum Gasteiger partial charge on any atom is 0.272 e. The van der Waals surface area contributed by atoms with Crippen molar-refractivity contribution in [3.8, 4) is 0 Å². The van der Waals surface area contributed by atoms with E-state index in [1.165, 1.54) is 0 Å². The summed E-state index contributed by atoms with van der Waals surface area (Å²) in [4.78, 5) is 12.6. The first kappa shape index (κ1) is 15.1. The van der Waals surface area contributed by atoms with E-state index in [-0.39, 0.29) is 23.5 Å². The summed E-state index contributed by atoms with van der Waals surface area (Å²) < 4.78 is 5.76. The number of aromatic amines is 1. The van der Waals surface area contributed by atoms with Gasteiger partial charge in [-0.2, -0.15) is 5.10 Å². The van der Waals surface area contributed by atoms with E-state index in [1.807, 2.05) is 13.8 Å². The molecule has 2 heterocycles. The molecule has 3 aliphatic rings. The van der Waals surface area contributed by atoms with Crippen LogP contribution >= 0.6 is 0 Å². The van der Waals surface area contributed by atoms with E-state index >= 15 is 0 Å². The van der Waals surface area contributed by atoms with Crippen molar-refractivity contribution >= 4 is 5.91 Å². The zero-order valence-electron chi connectivity index (χ0n) is 13.8. The molecule has 4 rings (SSSR count). The molecular formula is C17H25N3O3. The van der Waals surface area contributed by atoms with E-state index in [4.69, 9.17) is 4.74 Å². The van der Waals surface area contributed by atoms with E-state index in [9.17, 15) is 9.90 Å². The minimum Gasteiger partial charge on any atom is -0.389 e. The molecule has 2 fully saturated rings. The van der Waals surface area contributed by atoms with Crippen LogP contribution < -0.4 is 5.32 Å². The van der Waals surface area contributed by atoms with Crippen LogP contribution in [0.25, 0.3) is 0 Å². The maximum atomic E-state index is 12.6. The third-order valence-corrected chi connectivity index (χ3v) is 6.06. The molecule has 126 valence electrons. The number of ether oxygens (including phenoxy) is 1. The number of nitrogens with zero attached hydrogens (tertiary/aromatic N) is 1. The van der Waals surface area contributed by atoms with Crippen molar-refractivity contribution in [3.05, 3.63) is 17.0 Å². The number of fused-ring (bicyclic) bond motifs is 1. The van der Waals surface area contributed by atoms with Crippen LogP contribution in [0.2, 0.25) is 0 Å². The van der Waals surface area contributed by atoms with Crippen molar-refractivity contribution in [2.45, 2.75) is 70.2 Å². The molecule has 0 saturated heterocycles. The monoisotopic (exact) mass is 319 g/mol. The summed E-state index contributed by atoms with van der Waals surface area (Å²) in [5, 5.41) is 20.8. The molecule has 6 nitrogen and oxygen atoms in total. The topological polar surface area (TPSA) is 87.2 Å². The lowest BCUT2D eigenvalue weighted by Crippen LogP contribution is -2.51. The van der Waals surface area contributed by atoms with Gasteiger partial charge >= 0.3 is 0 Å². The van der Waals surface area contributed by atoms with Crippen molar-refractivity contribution in [3.63, 3.8) is 0 Å². The number of aromatic nitrogens is 2. The third kappa shape index (κ3) is 2.31.